The van der Waals surface area contributed by atoms with Gasteiger partial charge in [-0.1, -0.05) is 0 Å². The van der Waals surface area contributed by atoms with Crippen LogP contribution in [-0.2, 0) is 0 Å². The topological polar surface area (TPSA) is 54.5 Å². The molecular formula is C15H17ClN4O. The van der Waals surface area contributed by atoms with E-state index in [4.69, 9.17) is 16.0 Å². The van der Waals surface area contributed by atoms with E-state index in [1.165, 1.54) is 12.8 Å². The maximum absolute atomic E-state index is 6.53. The molecule has 2 aliphatic heterocycles. The molecular weight excluding hydrogens is 288 g/mol. The Bertz CT molecular complexity index is 820. The number of aromatic nitrogens is 2. The second kappa shape index (κ2) is 4.44. The van der Waals surface area contributed by atoms with Gasteiger partial charge in [0.2, 0.25) is 5.55 Å². The highest BCUT2D eigenvalue weighted by molar-refractivity contribution is 6.28. The molecule has 1 saturated heterocycles. The molecule has 4 rings (SSSR count). The number of halogens is 1. The summed E-state index contributed by atoms with van der Waals surface area (Å²) in [6.45, 7) is 5.99. The molecule has 6 heteroatoms. The van der Waals surface area contributed by atoms with Crippen LogP contribution in [0.2, 0.25) is 0 Å². The minimum Gasteiger partial charge on any atom is -0.432 e. The van der Waals surface area contributed by atoms with Crippen LogP contribution in [0, 0.1) is 0 Å². The van der Waals surface area contributed by atoms with Crippen molar-refractivity contribution in [2.24, 2.45) is 4.99 Å². The third-order valence-corrected chi connectivity index (χ3v) is 4.85. The first-order valence-corrected chi connectivity index (χ1v) is 7.72. The van der Waals surface area contributed by atoms with Gasteiger partial charge in [-0.25, -0.2) is 15.0 Å². The Balaban J connectivity index is 2.01. The third-order valence-electron chi connectivity index (χ3n) is 4.43. The van der Waals surface area contributed by atoms with Crippen molar-refractivity contribution in [3.63, 3.8) is 0 Å². The zero-order valence-corrected chi connectivity index (χ0v) is 12.9. The van der Waals surface area contributed by atoms with Crippen LogP contribution in [0.1, 0.15) is 26.7 Å². The summed E-state index contributed by atoms with van der Waals surface area (Å²) >= 11 is 6.53. The molecule has 110 valence electrons. The van der Waals surface area contributed by atoms with E-state index >= 15 is 0 Å². The normalized spacial score (nSPS) is 28.3. The van der Waals surface area contributed by atoms with Crippen molar-refractivity contribution < 1.29 is 4.42 Å². The summed E-state index contributed by atoms with van der Waals surface area (Å²) in [5, 5.41) is 0.892. The van der Waals surface area contributed by atoms with Gasteiger partial charge in [-0.05, 0) is 32.8 Å². The minimum absolute atomic E-state index is 0.0320. The van der Waals surface area contributed by atoms with E-state index in [1.807, 2.05) is 19.9 Å². The number of furan rings is 1. The molecule has 21 heavy (non-hydrogen) atoms. The van der Waals surface area contributed by atoms with Gasteiger partial charge in [0, 0.05) is 13.1 Å². The molecule has 0 aromatic carbocycles. The summed E-state index contributed by atoms with van der Waals surface area (Å²) in [7, 11) is 0. The first-order valence-electron chi connectivity index (χ1n) is 7.34. The summed E-state index contributed by atoms with van der Waals surface area (Å²) in [6.07, 6.45) is 6.00. The van der Waals surface area contributed by atoms with E-state index < -0.39 is 4.87 Å². The number of nitrogens with zero attached hydrogens (tertiary/aromatic N) is 4. The Kier molecular flexibility index (Phi) is 2.76. The highest BCUT2D eigenvalue weighted by Crippen LogP contribution is 2.28. The van der Waals surface area contributed by atoms with E-state index in [0.717, 1.165) is 35.2 Å². The van der Waals surface area contributed by atoms with Gasteiger partial charge in [-0.3, -0.25) is 0 Å². The molecule has 0 saturated carbocycles. The van der Waals surface area contributed by atoms with Crippen LogP contribution >= 0.6 is 11.6 Å². The van der Waals surface area contributed by atoms with Crippen LogP contribution in [0.25, 0.3) is 17.2 Å². The first kappa shape index (κ1) is 13.1. The van der Waals surface area contributed by atoms with Crippen LogP contribution in [0.4, 0.5) is 5.82 Å². The van der Waals surface area contributed by atoms with Crippen LogP contribution in [-0.4, -0.2) is 34.0 Å². The van der Waals surface area contributed by atoms with E-state index in [1.54, 1.807) is 6.33 Å². The van der Waals surface area contributed by atoms with E-state index in [2.05, 4.69) is 19.9 Å². The first-order chi connectivity index (χ1) is 10.1. The van der Waals surface area contributed by atoms with Crippen LogP contribution in [0.5, 0.6) is 0 Å². The Labute approximate surface area is 127 Å². The largest absolute Gasteiger partial charge is 0.432 e. The molecule has 0 N–H and O–H groups in total. The summed E-state index contributed by atoms with van der Waals surface area (Å²) in [5.74, 6) is 0.874. The quantitative estimate of drug-likeness (QED) is 0.751. The highest BCUT2D eigenvalue weighted by atomic mass is 35.5. The molecule has 4 heterocycles. The number of alkyl halides is 1. The summed E-state index contributed by atoms with van der Waals surface area (Å²) in [6, 6.07) is -0.0320. The maximum Gasteiger partial charge on any atom is 0.224 e. The Morgan fingerprint density at radius 2 is 2.10 bits per heavy atom. The maximum atomic E-state index is 6.53. The monoisotopic (exact) mass is 304 g/mol. The number of fused-ring (bicyclic) bond motifs is 3. The molecule has 2 atom stereocenters. The van der Waals surface area contributed by atoms with Gasteiger partial charge in [0.25, 0.3) is 0 Å². The minimum atomic E-state index is -0.511. The third kappa shape index (κ3) is 1.94. The molecule has 0 spiro atoms. The van der Waals surface area contributed by atoms with Crippen LogP contribution < -0.4 is 15.7 Å². The zero-order valence-electron chi connectivity index (χ0n) is 12.1. The number of hydrogen-bond acceptors (Lipinski definition) is 5. The Morgan fingerprint density at radius 3 is 2.86 bits per heavy atom. The SMILES string of the molecule is CC1N=c2oc3c(N4CCCC4)ncnc3c2=CC1(C)Cl. The van der Waals surface area contributed by atoms with Crippen molar-refractivity contribution in [2.75, 3.05) is 18.0 Å². The van der Waals surface area contributed by atoms with Gasteiger partial charge in [-0.15, -0.1) is 11.6 Å². The van der Waals surface area contributed by atoms with Gasteiger partial charge < -0.3 is 9.32 Å². The lowest BCUT2D eigenvalue weighted by Crippen LogP contribution is -2.40. The molecule has 1 fully saturated rings. The standard InChI is InChI=1S/C15H17ClN4O/c1-9-15(2,16)7-10-11-12(21-14(10)19-9)13(18-8-17-11)20-5-3-4-6-20/h7-9H,3-6H2,1-2H3. The van der Waals surface area contributed by atoms with Crippen molar-refractivity contribution in [3.05, 3.63) is 17.1 Å². The molecule has 2 aliphatic rings. The lowest BCUT2D eigenvalue weighted by Gasteiger charge is -2.23. The summed E-state index contributed by atoms with van der Waals surface area (Å²) in [5.41, 5.74) is 2.16. The average Bonchev–Trinajstić information content (AvgIpc) is 3.07. The molecule has 5 nitrogen and oxygen atoms in total. The van der Waals surface area contributed by atoms with Gasteiger partial charge in [0.15, 0.2) is 11.4 Å². The van der Waals surface area contributed by atoms with E-state index in [9.17, 15) is 0 Å². The number of hydrogen-bond donors (Lipinski definition) is 0. The van der Waals surface area contributed by atoms with Gasteiger partial charge >= 0.3 is 0 Å². The zero-order chi connectivity index (χ0) is 14.6. The molecule has 0 bridgehead atoms. The van der Waals surface area contributed by atoms with E-state index in [0.29, 0.717) is 5.55 Å². The number of anilines is 1. The second-order valence-corrected chi connectivity index (χ2v) is 6.81. The molecule has 2 aromatic heterocycles. The molecule has 0 aliphatic carbocycles. The average molecular weight is 305 g/mol. The van der Waals surface area contributed by atoms with Crippen molar-refractivity contribution in [2.45, 2.75) is 37.6 Å². The van der Waals surface area contributed by atoms with Crippen molar-refractivity contribution >= 4 is 34.6 Å². The molecule has 2 unspecified atom stereocenters. The van der Waals surface area contributed by atoms with Gasteiger partial charge in [-0.2, -0.15) is 0 Å². The molecule has 2 aromatic rings. The fourth-order valence-electron chi connectivity index (χ4n) is 2.99. The lowest BCUT2D eigenvalue weighted by molar-refractivity contribution is 0.501. The van der Waals surface area contributed by atoms with E-state index in [-0.39, 0.29) is 6.04 Å². The fourth-order valence-corrected chi connectivity index (χ4v) is 3.15. The van der Waals surface area contributed by atoms with Crippen LogP contribution in [0.3, 0.4) is 0 Å². The van der Waals surface area contributed by atoms with Crippen molar-refractivity contribution in [1.82, 2.24) is 9.97 Å². The van der Waals surface area contributed by atoms with Crippen molar-refractivity contribution in [1.29, 1.82) is 0 Å². The summed E-state index contributed by atoms with van der Waals surface area (Å²) < 4.78 is 5.97. The predicted molar refractivity (Wildman–Crippen MR) is 82.2 cm³/mol. The Morgan fingerprint density at radius 1 is 1.33 bits per heavy atom. The predicted octanol–water partition coefficient (Wildman–Crippen LogP) is 1.62. The smallest absolute Gasteiger partial charge is 0.224 e. The summed E-state index contributed by atoms with van der Waals surface area (Å²) in [4.78, 5) is 15.1. The van der Waals surface area contributed by atoms with Crippen molar-refractivity contribution in [3.8, 4) is 0 Å². The molecule has 0 radical (unpaired) electrons. The van der Waals surface area contributed by atoms with Gasteiger partial charge in [0.05, 0.1) is 16.1 Å². The Hall–Kier alpha value is -1.62. The second-order valence-electron chi connectivity index (χ2n) is 5.99. The van der Waals surface area contributed by atoms with Crippen LogP contribution in [0.15, 0.2) is 15.7 Å². The lowest BCUT2D eigenvalue weighted by atomic mass is 10.00. The number of rotatable bonds is 1. The molecule has 0 amide bonds. The fraction of sp³-hybridized carbons (Fsp3) is 0.533. The highest BCUT2D eigenvalue weighted by Gasteiger charge is 2.30. The van der Waals surface area contributed by atoms with Gasteiger partial charge in [0.1, 0.15) is 11.8 Å².